The minimum Gasteiger partial charge on any atom is -0.465 e. The molecule has 2 fully saturated rings. The Morgan fingerprint density at radius 1 is 1.47 bits per heavy atom. The van der Waals surface area contributed by atoms with E-state index >= 15 is 0 Å². The van der Waals surface area contributed by atoms with Gasteiger partial charge in [-0.2, -0.15) is 0 Å². The number of carbonyl (C=O) groups excluding carboxylic acids is 1. The zero-order valence-electron chi connectivity index (χ0n) is 9.25. The molecule has 0 amide bonds. The van der Waals surface area contributed by atoms with Crippen LogP contribution in [0.15, 0.2) is 0 Å². The monoisotopic (exact) mass is 213 g/mol. The molecule has 0 bridgehead atoms. The van der Waals surface area contributed by atoms with E-state index in [0.717, 1.165) is 38.9 Å². The summed E-state index contributed by atoms with van der Waals surface area (Å²) in [6, 6.07) is -0.0944. The van der Waals surface area contributed by atoms with Crippen LogP contribution in [0.5, 0.6) is 0 Å². The van der Waals surface area contributed by atoms with Crippen LogP contribution < -0.4 is 5.32 Å². The fourth-order valence-corrected chi connectivity index (χ4v) is 2.51. The second-order valence-corrected chi connectivity index (χ2v) is 4.38. The number of esters is 1. The lowest BCUT2D eigenvalue weighted by Crippen LogP contribution is -2.49. The number of hydrogen-bond acceptors (Lipinski definition) is 4. The highest BCUT2D eigenvalue weighted by atomic mass is 16.5. The van der Waals surface area contributed by atoms with Gasteiger partial charge in [-0.05, 0) is 32.6 Å². The van der Waals surface area contributed by atoms with Crippen molar-refractivity contribution in [3.8, 4) is 0 Å². The molecule has 4 heteroatoms. The van der Waals surface area contributed by atoms with Crippen molar-refractivity contribution in [1.29, 1.82) is 0 Å². The number of hydrogen-bond donors (Lipinski definition) is 1. The Hall–Kier alpha value is -0.610. The van der Waals surface area contributed by atoms with Crippen molar-refractivity contribution in [2.24, 2.45) is 0 Å². The highest BCUT2D eigenvalue weighted by molar-refractivity contribution is 5.76. The number of ether oxygens (including phenoxy) is 2. The van der Waals surface area contributed by atoms with Crippen LogP contribution in [0.2, 0.25) is 0 Å². The molecule has 2 saturated heterocycles. The largest absolute Gasteiger partial charge is 0.465 e. The maximum atomic E-state index is 11.6. The van der Waals surface area contributed by atoms with E-state index in [1.165, 1.54) is 0 Å². The Labute approximate surface area is 90.3 Å². The molecule has 1 atom stereocenters. The van der Waals surface area contributed by atoms with Gasteiger partial charge in [0.15, 0.2) is 0 Å². The third-order valence-corrected chi connectivity index (χ3v) is 3.41. The smallest absolute Gasteiger partial charge is 0.323 e. The van der Waals surface area contributed by atoms with Crippen LogP contribution in [0.3, 0.4) is 0 Å². The molecule has 2 aliphatic rings. The van der Waals surface area contributed by atoms with Gasteiger partial charge in [0.1, 0.15) is 6.04 Å². The van der Waals surface area contributed by atoms with Gasteiger partial charge in [-0.3, -0.25) is 10.1 Å². The molecule has 0 aromatic rings. The first kappa shape index (κ1) is 10.9. The van der Waals surface area contributed by atoms with Crippen LogP contribution in [-0.4, -0.2) is 37.4 Å². The van der Waals surface area contributed by atoms with Crippen molar-refractivity contribution < 1.29 is 14.3 Å². The maximum absolute atomic E-state index is 11.6. The minimum atomic E-state index is -0.0964. The van der Waals surface area contributed by atoms with Crippen molar-refractivity contribution in [2.75, 3.05) is 19.8 Å². The van der Waals surface area contributed by atoms with E-state index in [1.54, 1.807) is 0 Å². The molecule has 1 spiro atoms. The van der Waals surface area contributed by atoms with E-state index in [2.05, 4.69) is 5.32 Å². The predicted octanol–water partition coefficient (Wildman–Crippen LogP) is 0.851. The van der Waals surface area contributed by atoms with Crippen LogP contribution in [0, 0.1) is 0 Å². The third kappa shape index (κ3) is 2.32. The first-order valence-corrected chi connectivity index (χ1v) is 5.78. The summed E-state index contributed by atoms with van der Waals surface area (Å²) in [5, 5.41) is 3.44. The van der Waals surface area contributed by atoms with Gasteiger partial charge in [-0.25, -0.2) is 0 Å². The average molecular weight is 213 g/mol. The van der Waals surface area contributed by atoms with Crippen LogP contribution in [0.4, 0.5) is 0 Å². The summed E-state index contributed by atoms with van der Waals surface area (Å²) >= 11 is 0. The zero-order chi connectivity index (χ0) is 10.7. The molecule has 2 rings (SSSR count). The van der Waals surface area contributed by atoms with Gasteiger partial charge in [0.25, 0.3) is 0 Å². The minimum absolute atomic E-state index is 0.0944. The molecule has 0 unspecified atom stereocenters. The van der Waals surface area contributed by atoms with Crippen molar-refractivity contribution >= 4 is 5.97 Å². The van der Waals surface area contributed by atoms with E-state index in [0.29, 0.717) is 6.61 Å². The topological polar surface area (TPSA) is 47.6 Å². The lowest BCUT2D eigenvalue weighted by atomic mass is 9.89. The van der Waals surface area contributed by atoms with Gasteiger partial charge < -0.3 is 9.47 Å². The Bertz CT molecular complexity index is 236. The molecule has 15 heavy (non-hydrogen) atoms. The van der Waals surface area contributed by atoms with Crippen molar-refractivity contribution in [1.82, 2.24) is 5.32 Å². The van der Waals surface area contributed by atoms with Gasteiger partial charge in [0.05, 0.1) is 6.61 Å². The molecule has 0 aromatic carbocycles. The van der Waals surface area contributed by atoms with Gasteiger partial charge in [0, 0.05) is 18.8 Å². The van der Waals surface area contributed by atoms with E-state index in [1.807, 2.05) is 6.92 Å². The summed E-state index contributed by atoms with van der Waals surface area (Å²) in [6.45, 7) is 3.93. The Morgan fingerprint density at radius 2 is 2.20 bits per heavy atom. The fraction of sp³-hybridized carbons (Fsp3) is 0.909. The summed E-state index contributed by atoms with van der Waals surface area (Å²) in [5.41, 5.74) is 0.148. The SMILES string of the molecule is CCOC(=O)[C@@H]1CCC2(CCOCC2)N1. The summed E-state index contributed by atoms with van der Waals surface area (Å²) < 4.78 is 10.4. The molecule has 1 N–H and O–H groups in total. The predicted molar refractivity (Wildman–Crippen MR) is 55.6 cm³/mol. The summed E-state index contributed by atoms with van der Waals surface area (Å²) in [4.78, 5) is 11.6. The quantitative estimate of drug-likeness (QED) is 0.691. The van der Waals surface area contributed by atoms with Crippen molar-refractivity contribution in [3.05, 3.63) is 0 Å². The van der Waals surface area contributed by atoms with Crippen molar-refractivity contribution in [2.45, 2.75) is 44.2 Å². The average Bonchev–Trinajstić information content (AvgIpc) is 2.64. The summed E-state index contributed by atoms with van der Waals surface area (Å²) in [5.74, 6) is -0.0964. The Kier molecular flexibility index (Phi) is 3.26. The molecule has 2 heterocycles. The molecular formula is C11H19NO3. The standard InChI is InChI=1S/C11H19NO3/c1-2-15-10(13)9-3-4-11(12-9)5-7-14-8-6-11/h9,12H,2-8H2,1H3/t9-/m0/s1. The van der Waals surface area contributed by atoms with E-state index < -0.39 is 0 Å². The van der Waals surface area contributed by atoms with Crippen LogP contribution >= 0.6 is 0 Å². The summed E-state index contributed by atoms with van der Waals surface area (Å²) in [7, 11) is 0. The molecule has 0 saturated carbocycles. The zero-order valence-corrected chi connectivity index (χ0v) is 9.25. The molecule has 4 nitrogen and oxygen atoms in total. The number of rotatable bonds is 2. The van der Waals surface area contributed by atoms with E-state index in [-0.39, 0.29) is 17.6 Å². The second kappa shape index (κ2) is 4.49. The van der Waals surface area contributed by atoms with Crippen molar-refractivity contribution in [3.63, 3.8) is 0 Å². The Morgan fingerprint density at radius 3 is 2.87 bits per heavy atom. The fourth-order valence-electron chi connectivity index (χ4n) is 2.51. The normalized spacial score (nSPS) is 29.3. The van der Waals surface area contributed by atoms with Crippen LogP contribution in [-0.2, 0) is 14.3 Å². The van der Waals surface area contributed by atoms with Crippen LogP contribution in [0.1, 0.15) is 32.6 Å². The second-order valence-electron chi connectivity index (χ2n) is 4.38. The van der Waals surface area contributed by atoms with Gasteiger partial charge in [-0.15, -0.1) is 0 Å². The first-order chi connectivity index (χ1) is 7.26. The van der Waals surface area contributed by atoms with E-state index in [4.69, 9.17) is 9.47 Å². The van der Waals surface area contributed by atoms with Gasteiger partial charge in [0.2, 0.25) is 0 Å². The number of nitrogens with one attached hydrogen (secondary N) is 1. The van der Waals surface area contributed by atoms with E-state index in [9.17, 15) is 4.79 Å². The first-order valence-electron chi connectivity index (χ1n) is 5.78. The third-order valence-electron chi connectivity index (χ3n) is 3.41. The molecule has 2 aliphatic heterocycles. The lowest BCUT2D eigenvalue weighted by molar-refractivity contribution is -0.145. The maximum Gasteiger partial charge on any atom is 0.323 e. The molecule has 0 aromatic heterocycles. The summed E-state index contributed by atoms with van der Waals surface area (Å²) in [6.07, 6.45) is 4.00. The van der Waals surface area contributed by atoms with Gasteiger partial charge >= 0.3 is 5.97 Å². The molecular weight excluding hydrogens is 194 g/mol. The van der Waals surface area contributed by atoms with Gasteiger partial charge in [-0.1, -0.05) is 0 Å². The number of carbonyl (C=O) groups is 1. The molecule has 0 aliphatic carbocycles. The highest BCUT2D eigenvalue weighted by Crippen LogP contribution is 2.32. The molecule has 86 valence electrons. The highest BCUT2D eigenvalue weighted by Gasteiger charge is 2.42. The molecule has 0 radical (unpaired) electrons. The lowest BCUT2D eigenvalue weighted by Gasteiger charge is -2.34. The Balaban J connectivity index is 1.90. The van der Waals surface area contributed by atoms with Crippen LogP contribution in [0.25, 0.3) is 0 Å².